The van der Waals surface area contributed by atoms with Gasteiger partial charge in [-0.2, -0.15) is 0 Å². The normalized spacial score (nSPS) is 20.4. The van der Waals surface area contributed by atoms with Gasteiger partial charge < -0.3 is 9.64 Å². The Morgan fingerprint density at radius 3 is 2.76 bits per heavy atom. The first-order chi connectivity index (χ1) is 8.08. The van der Waals surface area contributed by atoms with Crippen LogP contribution in [-0.2, 0) is 9.53 Å². The fourth-order valence-corrected chi connectivity index (χ4v) is 2.05. The lowest BCUT2D eigenvalue weighted by Crippen LogP contribution is -2.45. The zero-order valence-electron chi connectivity index (χ0n) is 10.7. The number of rotatable bonds is 2. The van der Waals surface area contributed by atoms with Crippen LogP contribution in [0, 0.1) is 13.8 Å². The van der Waals surface area contributed by atoms with Crippen molar-refractivity contribution in [2.24, 2.45) is 0 Å². The predicted molar refractivity (Wildman–Crippen MR) is 68.6 cm³/mol. The van der Waals surface area contributed by atoms with E-state index in [1.54, 1.807) is 6.92 Å². The molecule has 1 atom stereocenters. The van der Waals surface area contributed by atoms with Crippen molar-refractivity contribution < 1.29 is 9.53 Å². The molecule has 3 heteroatoms. The van der Waals surface area contributed by atoms with Gasteiger partial charge in [0.15, 0.2) is 5.78 Å². The molecule has 0 radical (unpaired) electrons. The number of carbonyl (C=O) groups excluding carboxylic acids is 1. The zero-order chi connectivity index (χ0) is 12.4. The first-order valence-electron chi connectivity index (χ1n) is 6.02. The Morgan fingerprint density at radius 1 is 1.35 bits per heavy atom. The number of hydrogen-bond donors (Lipinski definition) is 0. The van der Waals surface area contributed by atoms with Gasteiger partial charge in [0.25, 0.3) is 0 Å². The molecule has 1 heterocycles. The van der Waals surface area contributed by atoms with Crippen LogP contribution in [-0.4, -0.2) is 31.6 Å². The van der Waals surface area contributed by atoms with Crippen LogP contribution in [0.5, 0.6) is 0 Å². The molecule has 17 heavy (non-hydrogen) atoms. The van der Waals surface area contributed by atoms with E-state index in [0.717, 1.165) is 6.54 Å². The Kier molecular flexibility index (Phi) is 3.48. The van der Waals surface area contributed by atoms with Crippen molar-refractivity contribution in [1.82, 2.24) is 0 Å². The molecule has 0 spiro atoms. The van der Waals surface area contributed by atoms with Crippen LogP contribution < -0.4 is 4.90 Å². The SMILES string of the molecule is CC(=O)C1CN(c2ccc(C)c(C)c2)CCO1. The van der Waals surface area contributed by atoms with Crippen molar-refractivity contribution in [3.05, 3.63) is 29.3 Å². The zero-order valence-corrected chi connectivity index (χ0v) is 10.7. The molecule has 1 saturated heterocycles. The molecule has 0 N–H and O–H groups in total. The summed E-state index contributed by atoms with van der Waals surface area (Å²) in [5.41, 5.74) is 3.76. The van der Waals surface area contributed by atoms with E-state index >= 15 is 0 Å². The number of anilines is 1. The van der Waals surface area contributed by atoms with Crippen molar-refractivity contribution in [3.63, 3.8) is 0 Å². The number of ketones is 1. The Hall–Kier alpha value is -1.35. The molecule has 92 valence electrons. The lowest BCUT2D eigenvalue weighted by atomic mass is 10.1. The molecule has 1 aromatic rings. The van der Waals surface area contributed by atoms with Crippen molar-refractivity contribution in [2.75, 3.05) is 24.6 Å². The number of nitrogens with zero attached hydrogens (tertiary/aromatic N) is 1. The summed E-state index contributed by atoms with van der Waals surface area (Å²) < 4.78 is 5.45. The molecule has 3 nitrogen and oxygen atoms in total. The van der Waals surface area contributed by atoms with E-state index in [-0.39, 0.29) is 11.9 Å². The minimum atomic E-state index is -0.273. The highest BCUT2D eigenvalue weighted by atomic mass is 16.5. The third-order valence-electron chi connectivity index (χ3n) is 3.38. The summed E-state index contributed by atoms with van der Waals surface area (Å²) in [6.45, 7) is 7.95. The highest BCUT2D eigenvalue weighted by Crippen LogP contribution is 2.21. The second-order valence-corrected chi connectivity index (χ2v) is 4.68. The summed E-state index contributed by atoms with van der Waals surface area (Å²) >= 11 is 0. The topological polar surface area (TPSA) is 29.5 Å². The summed E-state index contributed by atoms with van der Waals surface area (Å²) in [6, 6.07) is 6.42. The van der Waals surface area contributed by atoms with Crippen molar-refractivity contribution in [3.8, 4) is 0 Å². The summed E-state index contributed by atoms with van der Waals surface area (Å²) in [5, 5.41) is 0. The molecular formula is C14H19NO2. The maximum absolute atomic E-state index is 11.3. The second kappa shape index (κ2) is 4.88. The van der Waals surface area contributed by atoms with Gasteiger partial charge in [0.1, 0.15) is 6.10 Å². The number of benzene rings is 1. The average Bonchev–Trinajstić information content (AvgIpc) is 2.33. The maximum Gasteiger partial charge on any atom is 0.160 e. The monoisotopic (exact) mass is 233 g/mol. The van der Waals surface area contributed by atoms with Gasteiger partial charge in [-0.1, -0.05) is 6.07 Å². The molecular weight excluding hydrogens is 214 g/mol. The van der Waals surface area contributed by atoms with E-state index in [1.807, 2.05) is 0 Å². The fourth-order valence-electron chi connectivity index (χ4n) is 2.05. The smallest absolute Gasteiger partial charge is 0.160 e. The summed E-state index contributed by atoms with van der Waals surface area (Å²) in [7, 11) is 0. The van der Waals surface area contributed by atoms with Gasteiger partial charge in [0.2, 0.25) is 0 Å². The van der Waals surface area contributed by atoms with Crippen LogP contribution in [0.4, 0.5) is 5.69 Å². The number of morpholine rings is 1. The molecule has 0 amide bonds. The van der Waals surface area contributed by atoms with Gasteiger partial charge in [-0.05, 0) is 44.0 Å². The third-order valence-corrected chi connectivity index (χ3v) is 3.38. The second-order valence-electron chi connectivity index (χ2n) is 4.68. The quantitative estimate of drug-likeness (QED) is 0.783. The number of carbonyl (C=O) groups is 1. The van der Waals surface area contributed by atoms with Gasteiger partial charge >= 0.3 is 0 Å². The lowest BCUT2D eigenvalue weighted by molar-refractivity contribution is -0.128. The molecule has 0 bridgehead atoms. The molecule has 1 aliphatic heterocycles. The van der Waals surface area contributed by atoms with E-state index in [0.29, 0.717) is 13.2 Å². The molecule has 2 rings (SSSR count). The highest BCUT2D eigenvalue weighted by Gasteiger charge is 2.24. The Labute approximate surface area is 102 Å². The summed E-state index contributed by atoms with van der Waals surface area (Å²) in [6.07, 6.45) is -0.273. The van der Waals surface area contributed by atoms with Gasteiger partial charge in [-0.15, -0.1) is 0 Å². The minimum Gasteiger partial charge on any atom is -0.367 e. The highest BCUT2D eigenvalue weighted by molar-refractivity contribution is 5.81. The lowest BCUT2D eigenvalue weighted by Gasteiger charge is -2.33. The van der Waals surface area contributed by atoms with Crippen molar-refractivity contribution in [1.29, 1.82) is 0 Å². The molecule has 0 aliphatic carbocycles. The van der Waals surface area contributed by atoms with Gasteiger partial charge in [0, 0.05) is 12.2 Å². The van der Waals surface area contributed by atoms with E-state index < -0.39 is 0 Å². The number of aryl methyl sites for hydroxylation is 2. The van der Waals surface area contributed by atoms with Gasteiger partial charge in [-0.3, -0.25) is 4.79 Å². The first kappa shape index (κ1) is 12.1. The molecule has 1 unspecified atom stereocenters. The molecule has 1 aliphatic rings. The molecule has 0 saturated carbocycles. The molecule has 1 aromatic carbocycles. The summed E-state index contributed by atoms with van der Waals surface area (Å²) in [4.78, 5) is 13.6. The van der Waals surface area contributed by atoms with E-state index in [1.165, 1.54) is 16.8 Å². The fraction of sp³-hybridized carbons (Fsp3) is 0.500. The van der Waals surface area contributed by atoms with E-state index in [4.69, 9.17) is 4.74 Å². The van der Waals surface area contributed by atoms with Crippen LogP contribution in [0.25, 0.3) is 0 Å². The Balaban J connectivity index is 2.16. The average molecular weight is 233 g/mol. The third kappa shape index (κ3) is 2.67. The predicted octanol–water partition coefficient (Wildman–Crippen LogP) is 2.10. The van der Waals surface area contributed by atoms with Crippen LogP contribution in [0.2, 0.25) is 0 Å². The minimum absolute atomic E-state index is 0.110. The van der Waals surface area contributed by atoms with Crippen molar-refractivity contribution >= 4 is 11.5 Å². The number of hydrogen-bond acceptors (Lipinski definition) is 3. The van der Waals surface area contributed by atoms with E-state index in [9.17, 15) is 4.79 Å². The largest absolute Gasteiger partial charge is 0.367 e. The first-order valence-corrected chi connectivity index (χ1v) is 6.02. The Morgan fingerprint density at radius 2 is 2.12 bits per heavy atom. The van der Waals surface area contributed by atoms with Crippen LogP contribution in [0.15, 0.2) is 18.2 Å². The van der Waals surface area contributed by atoms with Gasteiger partial charge in [0.05, 0.1) is 13.2 Å². The standard InChI is InChI=1S/C14H19NO2/c1-10-4-5-13(8-11(10)2)15-6-7-17-14(9-15)12(3)16/h4-5,8,14H,6-7,9H2,1-3H3. The van der Waals surface area contributed by atoms with Crippen LogP contribution >= 0.6 is 0 Å². The number of ether oxygens (including phenoxy) is 1. The Bertz CT molecular complexity index is 428. The maximum atomic E-state index is 11.3. The van der Waals surface area contributed by atoms with E-state index in [2.05, 4.69) is 36.9 Å². The van der Waals surface area contributed by atoms with Crippen LogP contribution in [0.1, 0.15) is 18.1 Å². The van der Waals surface area contributed by atoms with Gasteiger partial charge in [-0.25, -0.2) is 0 Å². The van der Waals surface area contributed by atoms with Crippen molar-refractivity contribution in [2.45, 2.75) is 26.9 Å². The molecule has 1 fully saturated rings. The summed E-state index contributed by atoms with van der Waals surface area (Å²) in [5.74, 6) is 0.110. The number of Topliss-reactive ketones (excluding diaryl/α,β-unsaturated/α-hetero) is 1. The van der Waals surface area contributed by atoms with Crippen LogP contribution in [0.3, 0.4) is 0 Å². The molecule has 0 aromatic heterocycles.